The normalized spacial score (nSPS) is 12.4. The second-order valence-corrected chi connectivity index (χ2v) is 5.64. The molecule has 7 nitrogen and oxygen atoms in total. The minimum Gasteiger partial charge on any atom is -0.362 e. The number of nitrogens with one attached hydrogen (secondary N) is 1. The Morgan fingerprint density at radius 1 is 1.04 bits per heavy atom. The number of rotatable bonds is 4. The SMILES string of the molecule is Cc1nnc2ccc(NC(C)c3ccc(-n4cccn4)cc3)nn12. The van der Waals surface area contributed by atoms with Gasteiger partial charge in [0.25, 0.3) is 0 Å². The predicted octanol–water partition coefficient (Wildman–Crippen LogP) is 2.79. The number of benzene rings is 1. The number of nitrogens with zero attached hydrogens (tertiary/aromatic N) is 6. The standard InChI is InChI=1S/C17H17N7/c1-12(14-4-6-15(7-5-14)23-11-3-10-18-23)19-16-8-9-17-21-20-13(2)24(17)22-16/h3-12H,1-2H3,(H,19,22). The van der Waals surface area contributed by atoms with E-state index in [9.17, 15) is 0 Å². The van der Waals surface area contributed by atoms with Crippen LogP contribution in [0.4, 0.5) is 5.82 Å². The first-order valence-corrected chi connectivity index (χ1v) is 7.76. The molecule has 4 aromatic rings. The molecule has 1 aromatic carbocycles. The highest BCUT2D eigenvalue weighted by molar-refractivity contribution is 5.45. The molecule has 0 saturated heterocycles. The third-order valence-corrected chi connectivity index (χ3v) is 3.95. The van der Waals surface area contributed by atoms with Crippen molar-refractivity contribution in [2.24, 2.45) is 0 Å². The Morgan fingerprint density at radius 3 is 2.62 bits per heavy atom. The van der Waals surface area contributed by atoms with Gasteiger partial charge >= 0.3 is 0 Å². The molecule has 0 saturated carbocycles. The van der Waals surface area contributed by atoms with Crippen LogP contribution in [0.25, 0.3) is 11.3 Å². The first-order chi connectivity index (χ1) is 11.7. The molecule has 4 rings (SSSR count). The molecular formula is C17H17N7. The average molecular weight is 319 g/mol. The third-order valence-electron chi connectivity index (χ3n) is 3.95. The number of hydrogen-bond donors (Lipinski definition) is 1. The van der Waals surface area contributed by atoms with Gasteiger partial charge in [0.15, 0.2) is 11.5 Å². The summed E-state index contributed by atoms with van der Waals surface area (Å²) in [5.74, 6) is 1.55. The fourth-order valence-corrected chi connectivity index (χ4v) is 2.62. The van der Waals surface area contributed by atoms with Gasteiger partial charge in [0.05, 0.1) is 5.69 Å². The molecular weight excluding hydrogens is 302 g/mol. The van der Waals surface area contributed by atoms with Gasteiger partial charge in [-0.15, -0.1) is 15.3 Å². The van der Waals surface area contributed by atoms with Gasteiger partial charge in [0, 0.05) is 18.4 Å². The molecule has 0 spiro atoms. The molecule has 7 heteroatoms. The highest BCUT2D eigenvalue weighted by Crippen LogP contribution is 2.19. The maximum absolute atomic E-state index is 4.52. The van der Waals surface area contributed by atoms with Crippen molar-refractivity contribution >= 4 is 11.5 Å². The lowest BCUT2D eigenvalue weighted by atomic mass is 10.1. The van der Waals surface area contributed by atoms with E-state index in [0.717, 1.165) is 23.0 Å². The van der Waals surface area contributed by atoms with Crippen LogP contribution >= 0.6 is 0 Å². The predicted molar refractivity (Wildman–Crippen MR) is 91.1 cm³/mol. The molecule has 0 amide bonds. The second kappa shape index (κ2) is 5.77. The number of aryl methyl sites for hydroxylation is 1. The van der Waals surface area contributed by atoms with Gasteiger partial charge in [-0.2, -0.15) is 9.61 Å². The van der Waals surface area contributed by atoms with Gasteiger partial charge in [-0.1, -0.05) is 12.1 Å². The maximum Gasteiger partial charge on any atom is 0.178 e. The van der Waals surface area contributed by atoms with E-state index in [1.165, 1.54) is 5.56 Å². The highest BCUT2D eigenvalue weighted by atomic mass is 15.4. The Hall–Kier alpha value is -3.22. The monoisotopic (exact) mass is 319 g/mol. The van der Waals surface area contributed by atoms with Crippen LogP contribution in [0.3, 0.4) is 0 Å². The van der Waals surface area contributed by atoms with Crippen molar-refractivity contribution in [3.05, 3.63) is 66.2 Å². The molecule has 120 valence electrons. The van der Waals surface area contributed by atoms with E-state index in [-0.39, 0.29) is 6.04 Å². The van der Waals surface area contributed by atoms with Gasteiger partial charge in [-0.3, -0.25) is 0 Å². The summed E-state index contributed by atoms with van der Waals surface area (Å²) < 4.78 is 3.57. The van der Waals surface area contributed by atoms with Gasteiger partial charge in [-0.25, -0.2) is 4.68 Å². The number of fused-ring (bicyclic) bond motifs is 1. The molecule has 1 unspecified atom stereocenters. The molecule has 0 aliphatic rings. The van der Waals surface area contributed by atoms with E-state index in [2.05, 4.69) is 56.9 Å². The fraction of sp³-hybridized carbons (Fsp3) is 0.176. The first-order valence-electron chi connectivity index (χ1n) is 7.76. The van der Waals surface area contributed by atoms with Crippen LogP contribution in [0.2, 0.25) is 0 Å². The lowest BCUT2D eigenvalue weighted by Crippen LogP contribution is -2.10. The molecule has 24 heavy (non-hydrogen) atoms. The van der Waals surface area contributed by atoms with Gasteiger partial charge < -0.3 is 5.32 Å². The van der Waals surface area contributed by atoms with Crippen molar-refractivity contribution in [2.75, 3.05) is 5.32 Å². The Bertz CT molecular complexity index is 954. The summed E-state index contributed by atoms with van der Waals surface area (Å²) in [5, 5.41) is 20.2. The van der Waals surface area contributed by atoms with Gasteiger partial charge in [0.1, 0.15) is 5.82 Å². The van der Waals surface area contributed by atoms with E-state index >= 15 is 0 Å². The summed E-state index contributed by atoms with van der Waals surface area (Å²) in [6, 6.07) is 14.2. The zero-order chi connectivity index (χ0) is 16.5. The Balaban J connectivity index is 1.54. The van der Waals surface area contributed by atoms with Crippen LogP contribution in [0, 0.1) is 6.92 Å². The van der Waals surface area contributed by atoms with Crippen molar-refractivity contribution in [1.82, 2.24) is 29.6 Å². The largest absolute Gasteiger partial charge is 0.362 e. The highest BCUT2D eigenvalue weighted by Gasteiger charge is 2.09. The Labute approximate surface area is 139 Å². The minimum absolute atomic E-state index is 0.124. The quantitative estimate of drug-likeness (QED) is 0.626. The molecule has 0 fully saturated rings. The van der Waals surface area contributed by atoms with Crippen molar-refractivity contribution in [2.45, 2.75) is 19.9 Å². The van der Waals surface area contributed by atoms with E-state index in [4.69, 9.17) is 0 Å². The molecule has 0 aliphatic carbocycles. The maximum atomic E-state index is 4.52. The van der Waals surface area contributed by atoms with E-state index in [0.29, 0.717) is 0 Å². The Kier molecular flexibility index (Phi) is 3.45. The molecule has 3 aromatic heterocycles. The van der Waals surface area contributed by atoms with Crippen LogP contribution in [0.15, 0.2) is 54.9 Å². The van der Waals surface area contributed by atoms with E-state index in [1.54, 1.807) is 10.7 Å². The van der Waals surface area contributed by atoms with Crippen LogP contribution in [-0.4, -0.2) is 29.6 Å². The Morgan fingerprint density at radius 2 is 1.88 bits per heavy atom. The lowest BCUT2D eigenvalue weighted by Gasteiger charge is -2.15. The van der Waals surface area contributed by atoms with Crippen molar-refractivity contribution in [3.8, 4) is 5.69 Å². The number of aromatic nitrogens is 6. The average Bonchev–Trinajstić information content (AvgIpc) is 3.26. The second-order valence-electron chi connectivity index (χ2n) is 5.64. The van der Waals surface area contributed by atoms with Gasteiger partial charge in [-0.05, 0) is 49.7 Å². The molecule has 0 aliphatic heterocycles. The molecule has 1 atom stereocenters. The molecule has 0 bridgehead atoms. The van der Waals surface area contributed by atoms with Crippen molar-refractivity contribution in [3.63, 3.8) is 0 Å². The zero-order valence-corrected chi connectivity index (χ0v) is 13.5. The van der Waals surface area contributed by atoms with Gasteiger partial charge in [0.2, 0.25) is 0 Å². The van der Waals surface area contributed by atoms with E-state index in [1.807, 2.05) is 36.0 Å². The smallest absolute Gasteiger partial charge is 0.178 e. The summed E-state index contributed by atoms with van der Waals surface area (Å²) in [5.41, 5.74) is 2.96. The number of hydrogen-bond acceptors (Lipinski definition) is 5. The lowest BCUT2D eigenvalue weighted by molar-refractivity contribution is 0.826. The summed E-state index contributed by atoms with van der Waals surface area (Å²) in [4.78, 5) is 0. The molecule has 0 radical (unpaired) electrons. The molecule has 1 N–H and O–H groups in total. The topological polar surface area (TPSA) is 72.9 Å². The minimum atomic E-state index is 0.124. The summed E-state index contributed by atoms with van der Waals surface area (Å²) in [6.07, 6.45) is 3.70. The fourth-order valence-electron chi connectivity index (χ4n) is 2.62. The van der Waals surface area contributed by atoms with Crippen LogP contribution in [-0.2, 0) is 0 Å². The zero-order valence-electron chi connectivity index (χ0n) is 13.5. The number of anilines is 1. The summed E-state index contributed by atoms with van der Waals surface area (Å²) in [7, 11) is 0. The van der Waals surface area contributed by atoms with Crippen molar-refractivity contribution in [1.29, 1.82) is 0 Å². The van der Waals surface area contributed by atoms with Crippen molar-refractivity contribution < 1.29 is 0 Å². The summed E-state index contributed by atoms with van der Waals surface area (Å²) in [6.45, 7) is 3.99. The third kappa shape index (κ3) is 2.60. The van der Waals surface area contributed by atoms with E-state index < -0.39 is 0 Å². The summed E-state index contributed by atoms with van der Waals surface area (Å²) >= 11 is 0. The van der Waals surface area contributed by atoms with Crippen LogP contribution < -0.4 is 5.32 Å². The van der Waals surface area contributed by atoms with Crippen LogP contribution in [0.1, 0.15) is 24.4 Å². The van der Waals surface area contributed by atoms with Crippen LogP contribution in [0.5, 0.6) is 0 Å². The molecule has 3 heterocycles. The first kappa shape index (κ1) is 14.4.